The SMILES string of the molecule is CCc1nccn1CCC(=O)NC1CCCN(c2ccccn2)C1. The van der Waals surface area contributed by atoms with Crippen LogP contribution in [0.15, 0.2) is 36.8 Å². The third kappa shape index (κ3) is 4.13. The van der Waals surface area contributed by atoms with Crippen LogP contribution in [0.3, 0.4) is 0 Å². The van der Waals surface area contributed by atoms with Gasteiger partial charge in [-0.1, -0.05) is 13.0 Å². The first-order chi connectivity index (χ1) is 11.8. The zero-order valence-corrected chi connectivity index (χ0v) is 14.2. The van der Waals surface area contributed by atoms with Crippen molar-refractivity contribution in [1.29, 1.82) is 0 Å². The summed E-state index contributed by atoms with van der Waals surface area (Å²) >= 11 is 0. The van der Waals surface area contributed by atoms with E-state index in [0.29, 0.717) is 13.0 Å². The van der Waals surface area contributed by atoms with Crippen molar-refractivity contribution in [2.75, 3.05) is 18.0 Å². The molecule has 2 aromatic heterocycles. The average molecular weight is 327 g/mol. The van der Waals surface area contributed by atoms with Crippen LogP contribution in [0.25, 0.3) is 0 Å². The number of aryl methyl sites for hydroxylation is 2. The smallest absolute Gasteiger partial charge is 0.222 e. The number of hydrogen-bond donors (Lipinski definition) is 1. The van der Waals surface area contributed by atoms with Crippen LogP contribution in [-0.2, 0) is 17.8 Å². The van der Waals surface area contributed by atoms with E-state index >= 15 is 0 Å². The molecule has 1 fully saturated rings. The molecule has 0 aromatic carbocycles. The maximum atomic E-state index is 12.3. The molecule has 0 aliphatic carbocycles. The number of carbonyl (C=O) groups is 1. The van der Waals surface area contributed by atoms with E-state index < -0.39 is 0 Å². The average Bonchev–Trinajstić information content (AvgIpc) is 3.08. The highest BCUT2D eigenvalue weighted by Crippen LogP contribution is 2.17. The van der Waals surface area contributed by atoms with Gasteiger partial charge >= 0.3 is 0 Å². The van der Waals surface area contributed by atoms with Gasteiger partial charge in [-0.15, -0.1) is 0 Å². The number of rotatable bonds is 6. The Kier molecular flexibility index (Phi) is 5.46. The lowest BCUT2D eigenvalue weighted by atomic mass is 10.1. The fourth-order valence-corrected chi connectivity index (χ4v) is 3.22. The van der Waals surface area contributed by atoms with E-state index in [4.69, 9.17) is 0 Å². The Labute approximate surface area is 142 Å². The zero-order chi connectivity index (χ0) is 16.8. The monoisotopic (exact) mass is 327 g/mol. The molecule has 0 spiro atoms. The molecule has 2 aromatic rings. The highest BCUT2D eigenvalue weighted by atomic mass is 16.1. The maximum Gasteiger partial charge on any atom is 0.222 e. The Balaban J connectivity index is 1.49. The predicted octanol–water partition coefficient (Wildman–Crippen LogP) is 2.02. The van der Waals surface area contributed by atoms with E-state index in [1.54, 1.807) is 6.20 Å². The number of hydrogen-bond acceptors (Lipinski definition) is 4. The summed E-state index contributed by atoms with van der Waals surface area (Å²) in [5.41, 5.74) is 0. The van der Waals surface area contributed by atoms with Crippen molar-refractivity contribution in [1.82, 2.24) is 19.9 Å². The lowest BCUT2D eigenvalue weighted by Gasteiger charge is -2.34. The van der Waals surface area contributed by atoms with Gasteiger partial charge in [-0.05, 0) is 25.0 Å². The molecule has 0 saturated carbocycles. The minimum atomic E-state index is 0.110. The third-order valence-corrected chi connectivity index (χ3v) is 4.46. The van der Waals surface area contributed by atoms with Crippen molar-refractivity contribution >= 4 is 11.7 Å². The summed E-state index contributed by atoms with van der Waals surface area (Å²) in [6.45, 7) is 4.59. The van der Waals surface area contributed by atoms with Gasteiger partial charge in [0.05, 0.1) is 0 Å². The Morgan fingerprint density at radius 3 is 3.04 bits per heavy atom. The summed E-state index contributed by atoms with van der Waals surface area (Å²) in [4.78, 5) is 23.2. The highest BCUT2D eigenvalue weighted by Gasteiger charge is 2.22. The molecule has 1 aliphatic heterocycles. The van der Waals surface area contributed by atoms with E-state index in [1.807, 2.05) is 30.6 Å². The highest BCUT2D eigenvalue weighted by molar-refractivity contribution is 5.76. The van der Waals surface area contributed by atoms with E-state index in [2.05, 4.69) is 31.7 Å². The Morgan fingerprint density at radius 1 is 1.33 bits per heavy atom. The predicted molar refractivity (Wildman–Crippen MR) is 93.8 cm³/mol. The topological polar surface area (TPSA) is 63.1 Å². The normalized spacial score (nSPS) is 17.7. The number of piperidine rings is 1. The fraction of sp³-hybridized carbons (Fsp3) is 0.500. The van der Waals surface area contributed by atoms with Gasteiger partial charge in [0.1, 0.15) is 11.6 Å². The second-order valence-electron chi connectivity index (χ2n) is 6.18. The Bertz CT molecular complexity index is 654. The van der Waals surface area contributed by atoms with E-state index in [9.17, 15) is 4.79 Å². The third-order valence-electron chi connectivity index (χ3n) is 4.46. The largest absolute Gasteiger partial charge is 0.355 e. The van der Waals surface area contributed by atoms with Crippen LogP contribution < -0.4 is 10.2 Å². The quantitative estimate of drug-likeness (QED) is 0.882. The molecule has 1 aliphatic rings. The molecular formula is C18H25N5O. The minimum absolute atomic E-state index is 0.110. The molecule has 3 heterocycles. The molecule has 1 saturated heterocycles. The van der Waals surface area contributed by atoms with Gasteiger partial charge in [-0.3, -0.25) is 4.79 Å². The van der Waals surface area contributed by atoms with Gasteiger partial charge in [0, 0.05) is 57.1 Å². The fourth-order valence-electron chi connectivity index (χ4n) is 3.22. The molecule has 1 atom stereocenters. The van der Waals surface area contributed by atoms with Gasteiger partial charge < -0.3 is 14.8 Å². The standard InChI is InChI=1S/C18H25N5O/c1-2-16-20-10-13-22(16)12-8-18(24)21-15-6-5-11-23(14-15)17-7-3-4-9-19-17/h3-4,7,9-10,13,15H,2,5-6,8,11-12,14H2,1H3,(H,21,24). The van der Waals surface area contributed by atoms with Crippen LogP contribution in [0.5, 0.6) is 0 Å². The summed E-state index contributed by atoms with van der Waals surface area (Å²) in [6, 6.07) is 6.14. The lowest BCUT2D eigenvalue weighted by molar-refractivity contribution is -0.122. The number of aromatic nitrogens is 3. The number of pyridine rings is 1. The lowest BCUT2D eigenvalue weighted by Crippen LogP contribution is -2.48. The van der Waals surface area contributed by atoms with Crippen molar-refractivity contribution in [3.8, 4) is 0 Å². The maximum absolute atomic E-state index is 12.3. The van der Waals surface area contributed by atoms with Crippen LogP contribution in [0.2, 0.25) is 0 Å². The molecular weight excluding hydrogens is 302 g/mol. The number of anilines is 1. The first kappa shape index (κ1) is 16.5. The van der Waals surface area contributed by atoms with E-state index in [-0.39, 0.29) is 11.9 Å². The molecule has 6 heteroatoms. The number of carbonyl (C=O) groups excluding carboxylic acids is 1. The summed E-state index contributed by atoms with van der Waals surface area (Å²) in [5, 5.41) is 3.18. The molecule has 1 N–H and O–H groups in total. The number of nitrogens with one attached hydrogen (secondary N) is 1. The van der Waals surface area contributed by atoms with Crippen molar-refractivity contribution in [3.05, 3.63) is 42.6 Å². The first-order valence-electron chi connectivity index (χ1n) is 8.71. The molecule has 0 bridgehead atoms. The minimum Gasteiger partial charge on any atom is -0.355 e. The van der Waals surface area contributed by atoms with Gasteiger partial charge in [0.25, 0.3) is 0 Å². The van der Waals surface area contributed by atoms with Crippen molar-refractivity contribution in [2.45, 2.75) is 45.2 Å². The number of amides is 1. The second-order valence-corrected chi connectivity index (χ2v) is 6.18. The summed E-state index contributed by atoms with van der Waals surface area (Å²) in [6.07, 6.45) is 9.02. The van der Waals surface area contributed by atoms with Crippen LogP contribution in [0, 0.1) is 0 Å². The van der Waals surface area contributed by atoms with Crippen LogP contribution in [0.1, 0.15) is 32.0 Å². The molecule has 0 radical (unpaired) electrons. The first-order valence-corrected chi connectivity index (χ1v) is 8.71. The number of nitrogens with zero attached hydrogens (tertiary/aromatic N) is 4. The molecule has 24 heavy (non-hydrogen) atoms. The molecule has 6 nitrogen and oxygen atoms in total. The van der Waals surface area contributed by atoms with Crippen LogP contribution in [0.4, 0.5) is 5.82 Å². The summed E-state index contributed by atoms with van der Waals surface area (Å²) in [5.74, 6) is 2.13. The molecule has 128 valence electrons. The Morgan fingerprint density at radius 2 is 2.25 bits per heavy atom. The van der Waals surface area contributed by atoms with Gasteiger partial charge in [-0.25, -0.2) is 9.97 Å². The Hall–Kier alpha value is -2.37. The molecule has 1 unspecified atom stereocenters. The van der Waals surface area contributed by atoms with Crippen molar-refractivity contribution < 1.29 is 4.79 Å². The molecule has 3 rings (SSSR count). The van der Waals surface area contributed by atoms with E-state index in [1.165, 1.54) is 0 Å². The second kappa shape index (κ2) is 7.95. The number of imidazole rings is 1. The zero-order valence-electron chi connectivity index (χ0n) is 14.2. The van der Waals surface area contributed by atoms with Crippen LogP contribution >= 0.6 is 0 Å². The summed E-state index contributed by atoms with van der Waals surface area (Å²) < 4.78 is 2.06. The van der Waals surface area contributed by atoms with Crippen molar-refractivity contribution in [2.24, 2.45) is 0 Å². The molecule has 1 amide bonds. The van der Waals surface area contributed by atoms with E-state index in [0.717, 1.165) is 44.0 Å². The van der Waals surface area contributed by atoms with Crippen LogP contribution in [-0.4, -0.2) is 39.6 Å². The van der Waals surface area contributed by atoms with Gasteiger partial charge in [0.2, 0.25) is 5.91 Å². The van der Waals surface area contributed by atoms with Gasteiger partial charge in [0.15, 0.2) is 0 Å². The van der Waals surface area contributed by atoms with Crippen molar-refractivity contribution in [3.63, 3.8) is 0 Å². The van der Waals surface area contributed by atoms with Gasteiger partial charge in [-0.2, -0.15) is 0 Å². The summed E-state index contributed by atoms with van der Waals surface area (Å²) in [7, 11) is 0.